The fourth-order valence-corrected chi connectivity index (χ4v) is 1.42. The molecule has 0 aliphatic heterocycles. The number of rotatable bonds is 2. The second kappa shape index (κ2) is 4.61. The SMILES string of the molecule is CC(=O)OC(Cl)CC(Cl)(Cl)Cl. The van der Waals surface area contributed by atoms with Gasteiger partial charge in [0.15, 0.2) is 9.36 Å². The normalized spacial score (nSPS) is 14.3. The third kappa shape index (κ3) is 8.54. The molecule has 0 aromatic rings. The van der Waals surface area contributed by atoms with Gasteiger partial charge >= 0.3 is 5.97 Å². The molecule has 0 aliphatic rings. The number of hydrogen-bond donors (Lipinski definition) is 0. The maximum Gasteiger partial charge on any atom is 0.304 e. The quantitative estimate of drug-likeness (QED) is 0.547. The van der Waals surface area contributed by atoms with E-state index in [1.807, 2.05) is 0 Å². The van der Waals surface area contributed by atoms with Crippen molar-refractivity contribution in [1.82, 2.24) is 0 Å². The largest absolute Gasteiger partial charge is 0.446 e. The predicted molar refractivity (Wildman–Crippen MR) is 46.3 cm³/mol. The molecule has 6 heteroatoms. The van der Waals surface area contributed by atoms with Crippen LogP contribution in [0.1, 0.15) is 13.3 Å². The van der Waals surface area contributed by atoms with Gasteiger partial charge in [0.2, 0.25) is 0 Å². The van der Waals surface area contributed by atoms with Gasteiger partial charge in [-0.2, -0.15) is 0 Å². The van der Waals surface area contributed by atoms with Gasteiger partial charge in [0.25, 0.3) is 0 Å². The molecule has 0 heterocycles. The molecule has 0 N–H and O–H groups in total. The molecule has 0 rings (SSSR count). The Kier molecular flexibility index (Phi) is 4.87. The minimum Gasteiger partial charge on any atom is -0.446 e. The van der Waals surface area contributed by atoms with E-state index in [0.29, 0.717) is 0 Å². The molecule has 1 atom stereocenters. The van der Waals surface area contributed by atoms with Crippen LogP contribution in [-0.4, -0.2) is 15.3 Å². The summed E-state index contributed by atoms with van der Waals surface area (Å²) in [5, 5.41) is 0. The molecule has 66 valence electrons. The van der Waals surface area contributed by atoms with Gasteiger partial charge in [0, 0.05) is 13.3 Å². The van der Waals surface area contributed by atoms with E-state index in [1.54, 1.807) is 0 Å². The highest BCUT2D eigenvalue weighted by Crippen LogP contribution is 2.33. The smallest absolute Gasteiger partial charge is 0.304 e. The van der Waals surface area contributed by atoms with E-state index >= 15 is 0 Å². The van der Waals surface area contributed by atoms with Crippen molar-refractivity contribution in [3.63, 3.8) is 0 Å². The van der Waals surface area contributed by atoms with Crippen LogP contribution >= 0.6 is 46.4 Å². The zero-order valence-electron chi connectivity index (χ0n) is 5.61. The fraction of sp³-hybridized carbons (Fsp3) is 0.800. The minimum atomic E-state index is -1.48. The first-order valence-corrected chi connectivity index (χ1v) is 4.26. The maximum atomic E-state index is 10.3. The van der Waals surface area contributed by atoms with E-state index in [4.69, 9.17) is 46.4 Å². The van der Waals surface area contributed by atoms with Gasteiger partial charge in [0.1, 0.15) is 0 Å². The lowest BCUT2D eigenvalue weighted by Gasteiger charge is -2.14. The Labute approximate surface area is 84.7 Å². The summed E-state index contributed by atoms with van der Waals surface area (Å²) in [7, 11) is 0. The fourth-order valence-electron chi connectivity index (χ4n) is 0.404. The maximum absolute atomic E-state index is 10.3. The highest BCUT2D eigenvalue weighted by atomic mass is 35.6. The first kappa shape index (κ1) is 11.6. The van der Waals surface area contributed by atoms with Crippen molar-refractivity contribution in [2.45, 2.75) is 22.7 Å². The van der Waals surface area contributed by atoms with Gasteiger partial charge in [-0.1, -0.05) is 46.4 Å². The number of ether oxygens (including phenoxy) is 1. The van der Waals surface area contributed by atoms with Gasteiger partial charge in [0.05, 0.1) is 0 Å². The van der Waals surface area contributed by atoms with E-state index < -0.39 is 15.3 Å². The topological polar surface area (TPSA) is 26.3 Å². The second-order valence-electron chi connectivity index (χ2n) is 1.84. The summed E-state index contributed by atoms with van der Waals surface area (Å²) < 4.78 is 3.02. The molecular weight excluding hydrogens is 234 g/mol. The van der Waals surface area contributed by atoms with Crippen LogP contribution in [0.5, 0.6) is 0 Å². The van der Waals surface area contributed by atoms with Crippen molar-refractivity contribution >= 4 is 52.4 Å². The molecule has 0 aromatic carbocycles. The molecule has 0 radical (unpaired) electrons. The van der Waals surface area contributed by atoms with Crippen LogP contribution in [0.3, 0.4) is 0 Å². The highest BCUT2D eigenvalue weighted by molar-refractivity contribution is 6.67. The number of carbonyl (C=O) groups is 1. The highest BCUT2D eigenvalue weighted by Gasteiger charge is 2.25. The van der Waals surface area contributed by atoms with Gasteiger partial charge in [-0.15, -0.1) is 0 Å². The minimum absolute atomic E-state index is 0.0290. The standard InChI is InChI=1S/C5H6Cl4O2/c1-3(10)11-4(6)2-5(7,8)9/h4H,2H2,1H3. The van der Waals surface area contributed by atoms with E-state index in [1.165, 1.54) is 6.92 Å². The van der Waals surface area contributed by atoms with E-state index in [0.717, 1.165) is 0 Å². The zero-order valence-corrected chi connectivity index (χ0v) is 8.64. The summed E-state index contributed by atoms with van der Waals surface area (Å²) in [4.78, 5) is 10.3. The Balaban J connectivity index is 3.69. The Morgan fingerprint density at radius 1 is 1.55 bits per heavy atom. The van der Waals surface area contributed by atoms with Crippen LogP contribution in [0, 0.1) is 0 Å². The second-order valence-corrected chi connectivity index (χ2v) is 4.84. The van der Waals surface area contributed by atoms with Crippen LogP contribution in [0.2, 0.25) is 0 Å². The van der Waals surface area contributed by atoms with Crippen molar-refractivity contribution in [2.75, 3.05) is 0 Å². The van der Waals surface area contributed by atoms with Crippen molar-refractivity contribution < 1.29 is 9.53 Å². The van der Waals surface area contributed by atoms with Crippen molar-refractivity contribution in [2.24, 2.45) is 0 Å². The van der Waals surface area contributed by atoms with Gasteiger partial charge in [-0.3, -0.25) is 4.79 Å². The van der Waals surface area contributed by atoms with Crippen LogP contribution in [0.15, 0.2) is 0 Å². The molecule has 0 saturated heterocycles. The third-order valence-corrected chi connectivity index (χ3v) is 1.39. The van der Waals surface area contributed by atoms with E-state index in [9.17, 15) is 4.79 Å². The van der Waals surface area contributed by atoms with E-state index in [-0.39, 0.29) is 6.42 Å². The van der Waals surface area contributed by atoms with E-state index in [2.05, 4.69) is 4.74 Å². The lowest BCUT2D eigenvalue weighted by Crippen LogP contribution is -2.17. The Hall–Kier alpha value is 0.630. The molecule has 0 aliphatic carbocycles. The van der Waals surface area contributed by atoms with Crippen LogP contribution in [0.25, 0.3) is 0 Å². The molecule has 0 bridgehead atoms. The molecule has 0 aromatic heterocycles. The first-order chi connectivity index (χ1) is 4.81. The Morgan fingerprint density at radius 2 is 2.00 bits per heavy atom. The average molecular weight is 240 g/mol. The lowest BCUT2D eigenvalue weighted by molar-refractivity contribution is -0.142. The summed E-state index contributed by atoms with van der Waals surface area (Å²) in [5.74, 6) is -0.501. The molecule has 0 saturated carbocycles. The first-order valence-electron chi connectivity index (χ1n) is 2.69. The summed E-state index contributed by atoms with van der Waals surface area (Å²) in [6.07, 6.45) is -0.0290. The monoisotopic (exact) mass is 238 g/mol. The molecule has 2 nitrogen and oxygen atoms in total. The Bertz CT molecular complexity index is 142. The number of esters is 1. The average Bonchev–Trinajstić information content (AvgIpc) is 1.53. The number of halogens is 4. The van der Waals surface area contributed by atoms with Gasteiger partial charge in [-0.25, -0.2) is 0 Å². The molecule has 0 spiro atoms. The van der Waals surface area contributed by atoms with Crippen LogP contribution in [0.4, 0.5) is 0 Å². The molecule has 0 amide bonds. The van der Waals surface area contributed by atoms with Crippen LogP contribution < -0.4 is 0 Å². The summed E-state index contributed by atoms with van der Waals surface area (Å²) in [5.41, 5.74) is -0.889. The zero-order chi connectivity index (χ0) is 9.07. The molecule has 0 fully saturated rings. The van der Waals surface area contributed by atoms with Gasteiger partial charge in [-0.05, 0) is 0 Å². The Morgan fingerprint density at radius 3 is 2.27 bits per heavy atom. The molecule has 1 unspecified atom stereocenters. The van der Waals surface area contributed by atoms with Crippen molar-refractivity contribution in [1.29, 1.82) is 0 Å². The predicted octanol–water partition coefficient (Wildman–Crippen LogP) is 2.87. The number of carbonyl (C=O) groups excluding carboxylic acids is 1. The summed E-state index contributed by atoms with van der Waals surface area (Å²) >= 11 is 21.6. The van der Waals surface area contributed by atoms with Crippen molar-refractivity contribution in [3.05, 3.63) is 0 Å². The molecular formula is C5H6Cl4O2. The lowest BCUT2D eigenvalue weighted by atomic mass is 10.5. The molecule has 11 heavy (non-hydrogen) atoms. The van der Waals surface area contributed by atoms with Crippen molar-refractivity contribution in [3.8, 4) is 0 Å². The number of hydrogen-bond acceptors (Lipinski definition) is 2. The number of alkyl halides is 4. The summed E-state index contributed by atoms with van der Waals surface area (Å²) in [6.45, 7) is 1.23. The van der Waals surface area contributed by atoms with Gasteiger partial charge < -0.3 is 4.74 Å². The van der Waals surface area contributed by atoms with Crippen LogP contribution in [-0.2, 0) is 9.53 Å². The summed E-state index contributed by atoms with van der Waals surface area (Å²) in [6, 6.07) is 0. The third-order valence-electron chi connectivity index (χ3n) is 0.686.